The molecule has 2 aliphatic rings. The van der Waals surface area contributed by atoms with Crippen molar-refractivity contribution in [2.45, 2.75) is 13.0 Å². The zero-order valence-corrected chi connectivity index (χ0v) is 18.3. The van der Waals surface area contributed by atoms with Gasteiger partial charge in [-0.3, -0.25) is 5.10 Å². The number of methoxy groups -OCH3 is 1. The number of rotatable bonds is 3. The van der Waals surface area contributed by atoms with Gasteiger partial charge in [0.1, 0.15) is 17.3 Å². The number of benzene rings is 2. The number of H-pyrrole nitrogens is 1. The quantitative estimate of drug-likeness (QED) is 0.330. The monoisotopic (exact) mass is 444 g/mol. The van der Waals surface area contributed by atoms with Gasteiger partial charge in [0.2, 0.25) is 5.95 Å². The van der Waals surface area contributed by atoms with Gasteiger partial charge in [-0.15, -0.1) is 0 Å². The number of hydrogen-bond donors (Lipinski definition) is 4. The third-order valence-electron chi connectivity index (χ3n) is 6.11. The Balaban J connectivity index is 1.47. The molecule has 0 radical (unpaired) electrons. The van der Waals surface area contributed by atoms with Crippen LogP contribution in [-0.2, 0) is 4.74 Å². The van der Waals surface area contributed by atoms with Crippen LogP contribution >= 0.6 is 0 Å². The summed E-state index contributed by atoms with van der Waals surface area (Å²) in [6.45, 7) is 4.20. The maximum Gasteiger partial charge on any atom is 0.222 e. The Labute approximate surface area is 190 Å². The predicted octanol–water partition coefficient (Wildman–Crippen LogP) is 3.64. The van der Waals surface area contributed by atoms with Crippen molar-refractivity contribution in [1.29, 1.82) is 0 Å². The lowest BCUT2D eigenvalue weighted by Gasteiger charge is -2.34. The highest BCUT2D eigenvalue weighted by molar-refractivity contribution is 6.08. The summed E-state index contributed by atoms with van der Waals surface area (Å²) in [4.78, 5) is 11.2. The number of para-hydroxylation sites is 1. The van der Waals surface area contributed by atoms with Crippen LogP contribution in [-0.4, -0.2) is 53.1 Å². The largest absolute Gasteiger partial charge is 0.494 e. The summed E-state index contributed by atoms with van der Waals surface area (Å²) in [5, 5.41) is 15.5. The van der Waals surface area contributed by atoms with Gasteiger partial charge in [0, 0.05) is 18.2 Å². The first-order valence-corrected chi connectivity index (χ1v) is 10.8. The molecule has 0 bridgehead atoms. The van der Waals surface area contributed by atoms with Gasteiger partial charge in [-0.2, -0.15) is 10.1 Å². The number of fused-ring (bicyclic) bond motifs is 1. The van der Waals surface area contributed by atoms with E-state index in [0.717, 1.165) is 63.2 Å². The topological polar surface area (TPSA) is 126 Å². The van der Waals surface area contributed by atoms with Crippen molar-refractivity contribution in [3.63, 3.8) is 0 Å². The lowest BCUT2D eigenvalue weighted by atomic mass is 10.1. The lowest BCUT2D eigenvalue weighted by molar-refractivity contribution is 0.0985. The molecule has 33 heavy (non-hydrogen) atoms. The molecule has 4 heterocycles. The summed E-state index contributed by atoms with van der Waals surface area (Å²) in [5.41, 5.74) is 11.3. The number of nitrogens with one attached hydrogen (secondary N) is 3. The van der Waals surface area contributed by atoms with Crippen molar-refractivity contribution in [2.24, 2.45) is 0 Å². The minimum Gasteiger partial charge on any atom is -0.494 e. The summed E-state index contributed by atoms with van der Waals surface area (Å²) in [6, 6.07) is 12.1. The molecule has 0 spiro atoms. The molecule has 2 aliphatic heterocycles. The standard InChI is InChI=1S/C23H24N8O2/c1-12-11-33-7-6-31(12)19-10-15(26-23(24)27-19)13-8-16-20-17(9-13)29-30-22(20)28-21-14(25-16)4-3-5-18(21)32-2/h3-5,8-10,12,25H,6-7,11H2,1-2H3,(H2,24,26,27)(H2,28,29,30). The maximum absolute atomic E-state index is 6.13. The van der Waals surface area contributed by atoms with E-state index in [0.29, 0.717) is 13.2 Å². The molecule has 168 valence electrons. The average Bonchev–Trinajstić information content (AvgIpc) is 3.14. The number of ether oxygens (including phenoxy) is 2. The molecule has 2 aromatic carbocycles. The highest BCUT2D eigenvalue weighted by Crippen LogP contribution is 2.44. The average molecular weight is 444 g/mol. The highest BCUT2D eigenvalue weighted by Gasteiger charge is 2.24. The van der Waals surface area contributed by atoms with Crippen molar-refractivity contribution in [2.75, 3.05) is 48.1 Å². The summed E-state index contributed by atoms with van der Waals surface area (Å²) >= 11 is 0. The SMILES string of the molecule is COc1cccc2c1Nc1n[nH]c3cc(-c4cc(N5CCOCC5C)nc(N)n4)cc(c13)N2. The number of nitrogens with zero attached hydrogens (tertiary/aromatic N) is 4. The van der Waals surface area contributed by atoms with Gasteiger partial charge in [0.15, 0.2) is 5.82 Å². The molecule has 5 N–H and O–H groups in total. The van der Waals surface area contributed by atoms with E-state index in [9.17, 15) is 0 Å². The number of anilines is 6. The van der Waals surface area contributed by atoms with E-state index in [1.807, 2.05) is 30.3 Å². The number of hydrogen-bond acceptors (Lipinski definition) is 9. The van der Waals surface area contributed by atoms with E-state index >= 15 is 0 Å². The Morgan fingerprint density at radius 3 is 2.91 bits per heavy atom. The molecule has 1 unspecified atom stereocenters. The number of aromatic amines is 1. The molecule has 1 fully saturated rings. The maximum atomic E-state index is 6.13. The predicted molar refractivity (Wildman–Crippen MR) is 129 cm³/mol. The molecular formula is C23H24N8O2. The molecule has 10 nitrogen and oxygen atoms in total. The van der Waals surface area contributed by atoms with Crippen LogP contribution < -0.4 is 26.0 Å². The minimum atomic E-state index is 0.211. The fourth-order valence-corrected chi connectivity index (χ4v) is 4.51. The van der Waals surface area contributed by atoms with Crippen LogP contribution in [0.1, 0.15) is 6.92 Å². The molecule has 6 rings (SSSR count). The summed E-state index contributed by atoms with van der Waals surface area (Å²) < 4.78 is 11.1. The third-order valence-corrected chi connectivity index (χ3v) is 6.11. The zero-order chi connectivity index (χ0) is 22.5. The third kappa shape index (κ3) is 3.26. The van der Waals surface area contributed by atoms with E-state index in [4.69, 9.17) is 15.2 Å². The molecule has 1 atom stereocenters. The fraction of sp³-hybridized carbons (Fsp3) is 0.261. The van der Waals surface area contributed by atoms with Gasteiger partial charge in [-0.1, -0.05) is 6.07 Å². The second kappa shape index (κ2) is 7.52. The number of aromatic nitrogens is 4. The van der Waals surface area contributed by atoms with Crippen molar-refractivity contribution in [3.05, 3.63) is 36.4 Å². The van der Waals surface area contributed by atoms with Crippen molar-refractivity contribution < 1.29 is 9.47 Å². The van der Waals surface area contributed by atoms with Crippen LogP contribution in [0.15, 0.2) is 36.4 Å². The van der Waals surface area contributed by atoms with Crippen molar-refractivity contribution in [1.82, 2.24) is 20.2 Å². The van der Waals surface area contributed by atoms with E-state index in [2.05, 4.69) is 48.7 Å². The molecule has 0 saturated carbocycles. The summed E-state index contributed by atoms with van der Waals surface area (Å²) in [5.74, 6) is 2.50. The van der Waals surface area contributed by atoms with Crippen LogP contribution in [0.2, 0.25) is 0 Å². The van der Waals surface area contributed by atoms with Gasteiger partial charge in [0.25, 0.3) is 0 Å². The first-order valence-electron chi connectivity index (χ1n) is 10.8. The van der Waals surface area contributed by atoms with Gasteiger partial charge in [0.05, 0.1) is 54.3 Å². The van der Waals surface area contributed by atoms with Crippen LogP contribution in [0.5, 0.6) is 5.75 Å². The second-order valence-electron chi connectivity index (χ2n) is 8.24. The van der Waals surface area contributed by atoms with Gasteiger partial charge < -0.3 is 30.7 Å². The minimum absolute atomic E-state index is 0.211. The summed E-state index contributed by atoms with van der Waals surface area (Å²) in [6.07, 6.45) is 0. The molecule has 2 aromatic heterocycles. The highest BCUT2D eigenvalue weighted by atomic mass is 16.5. The van der Waals surface area contributed by atoms with Gasteiger partial charge >= 0.3 is 0 Å². The lowest BCUT2D eigenvalue weighted by Crippen LogP contribution is -2.44. The van der Waals surface area contributed by atoms with E-state index < -0.39 is 0 Å². The Morgan fingerprint density at radius 2 is 2.06 bits per heavy atom. The van der Waals surface area contributed by atoms with Crippen LogP contribution in [0, 0.1) is 0 Å². The fourth-order valence-electron chi connectivity index (χ4n) is 4.51. The van der Waals surface area contributed by atoms with Crippen LogP contribution in [0.25, 0.3) is 22.2 Å². The number of morpholine rings is 1. The molecule has 1 saturated heterocycles. The molecule has 0 aliphatic carbocycles. The van der Waals surface area contributed by atoms with Crippen molar-refractivity contribution in [3.8, 4) is 17.0 Å². The first kappa shape index (κ1) is 19.6. The first-order chi connectivity index (χ1) is 16.1. The smallest absolute Gasteiger partial charge is 0.222 e. The molecule has 4 aromatic rings. The normalized spacial score (nSPS) is 17.2. The summed E-state index contributed by atoms with van der Waals surface area (Å²) in [7, 11) is 1.65. The van der Waals surface area contributed by atoms with Crippen LogP contribution in [0.4, 0.5) is 34.6 Å². The molecular weight excluding hydrogens is 420 g/mol. The number of nitrogen functional groups attached to an aromatic ring is 1. The van der Waals surface area contributed by atoms with Crippen molar-refractivity contribution >= 4 is 45.5 Å². The Hall–Kier alpha value is -4.05. The Kier molecular flexibility index (Phi) is 4.47. The second-order valence-corrected chi connectivity index (χ2v) is 8.24. The van der Waals surface area contributed by atoms with E-state index in [-0.39, 0.29) is 12.0 Å². The van der Waals surface area contributed by atoms with Crippen LogP contribution in [0.3, 0.4) is 0 Å². The van der Waals surface area contributed by atoms with E-state index in [1.165, 1.54) is 0 Å². The Bertz CT molecular complexity index is 1370. The molecule has 0 amide bonds. The zero-order valence-electron chi connectivity index (χ0n) is 18.3. The number of nitrogens with two attached hydrogens (primary N) is 1. The van der Waals surface area contributed by atoms with E-state index in [1.54, 1.807) is 7.11 Å². The Morgan fingerprint density at radius 1 is 1.15 bits per heavy atom. The molecule has 10 heteroatoms. The van der Waals surface area contributed by atoms with Gasteiger partial charge in [-0.25, -0.2) is 4.98 Å². The van der Waals surface area contributed by atoms with Gasteiger partial charge in [-0.05, 0) is 31.2 Å².